The van der Waals surface area contributed by atoms with Crippen LogP contribution in [0.25, 0.3) is 32.3 Å². The van der Waals surface area contributed by atoms with Gasteiger partial charge in [-0.15, -0.1) is 0 Å². The molecule has 6 rings (SSSR count). The first-order valence-electron chi connectivity index (χ1n) is 31.8. The maximum absolute atomic E-state index is 11.3. The number of aldehydes is 2. The van der Waals surface area contributed by atoms with Crippen molar-refractivity contribution < 1.29 is 38.0 Å². The summed E-state index contributed by atoms with van der Waals surface area (Å²) in [5.74, 6) is 5.41. The number of hydrogen-bond acceptors (Lipinski definition) is 8. The molecule has 452 valence electrons. The lowest BCUT2D eigenvalue weighted by Gasteiger charge is -2.18. The zero-order valence-corrected chi connectivity index (χ0v) is 54.5. The van der Waals surface area contributed by atoms with Gasteiger partial charge < -0.3 is 38.0 Å². The number of rotatable bonds is 42. The van der Waals surface area contributed by atoms with Crippen LogP contribution in [0, 0.1) is 0 Å². The van der Waals surface area contributed by atoms with Crippen LogP contribution in [-0.4, -0.2) is 52.2 Å². The van der Waals surface area contributed by atoms with Gasteiger partial charge in [0.05, 0.1) is 39.6 Å². The summed E-state index contributed by atoms with van der Waals surface area (Å²) in [6.45, 7) is 17.8. The van der Waals surface area contributed by atoms with Crippen LogP contribution >= 0.6 is 31.9 Å². The zero-order chi connectivity index (χ0) is 58.8. The Balaban J connectivity index is 0.000000266. The molecule has 0 aliphatic heterocycles. The quantitative estimate of drug-likeness (QED) is 0.0213. The van der Waals surface area contributed by atoms with E-state index in [1.165, 1.54) is 135 Å². The van der Waals surface area contributed by atoms with Crippen molar-refractivity contribution in [2.75, 3.05) is 39.6 Å². The van der Waals surface area contributed by atoms with Crippen LogP contribution in [0.3, 0.4) is 0 Å². The summed E-state index contributed by atoms with van der Waals surface area (Å²) >= 11 is 7.32. The first-order valence-corrected chi connectivity index (χ1v) is 34.0. The van der Waals surface area contributed by atoms with Gasteiger partial charge >= 0.3 is 0 Å². The number of halogens is 2. The molecule has 0 saturated heterocycles. The van der Waals surface area contributed by atoms with Crippen LogP contribution in [-0.2, 0) is 33.1 Å². The molecule has 6 aromatic rings. The van der Waals surface area contributed by atoms with Crippen LogP contribution in [0.1, 0.15) is 218 Å². The topological polar surface area (TPSA) is 89.5 Å². The van der Waals surface area contributed by atoms with E-state index in [1.54, 1.807) is 0 Å². The van der Waals surface area contributed by atoms with E-state index in [0.717, 1.165) is 157 Å². The fourth-order valence-electron chi connectivity index (χ4n) is 10.0. The number of ether oxygens (including phenoxy) is 6. The second-order valence-electron chi connectivity index (χ2n) is 21.5. The fraction of sp³-hybridized carbons (Fsp3) is 0.556. The molecular formula is C72H102Br2O8. The van der Waals surface area contributed by atoms with E-state index < -0.39 is 0 Å². The lowest BCUT2D eigenvalue weighted by Crippen LogP contribution is -2.04. The van der Waals surface area contributed by atoms with Gasteiger partial charge in [0, 0.05) is 45.0 Å². The zero-order valence-electron chi connectivity index (χ0n) is 51.3. The van der Waals surface area contributed by atoms with E-state index in [0.29, 0.717) is 26.1 Å². The number of carbonyl (C=O) groups is 2. The number of benzene rings is 6. The minimum absolute atomic E-state index is 0.310. The number of carbonyl (C=O) groups excluding carboxylic acids is 2. The van der Waals surface area contributed by atoms with Crippen LogP contribution < -0.4 is 28.4 Å². The van der Waals surface area contributed by atoms with Crippen molar-refractivity contribution in [1.82, 2.24) is 0 Å². The minimum Gasteiger partial charge on any atom is -0.494 e. The molecular weight excluding hydrogens is 1150 g/mol. The van der Waals surface area contributed by atoms with Crippen molar-refractivity contribution in [3.05, 3.63) is 107 Å². The van der Waals surface area contributed by atoms with Gasteiger partial charge in [-0.3, -0.25) is 0 Å². The Hall–Kier alpha value is -4.80. The van der Waals surface area contributed by atoms with E-state index in [2.05, 4.69) is 134 Å². The predicted octanol–water partition coefficient (Wildman–Crippen LogP) is 21.5. The molecule has 8 nitrogen and oxygen atoms in total. The second-order valence-corrected chi connectivity index (χ2v) is 22.6. The highest BCUT2D eigenvalue weighted by molar-refractivity contribution is 9.08. The number of fused-ring (bicyclic) bond motifs is 3. The molecule has 0 unspecified atom stereocenters. The molecule has 0 aliphatic carbocycles. The summed E-state index contributed by atoms with van der Waals surface area (Å²) in [5, 5.41) is 8.21. The SMILES string of the molecule is CCCCCCOc1ccc(CBr)c2c(OCCCCCC)ccc(CBr)c12.CCCCCCOc1ccc(CC=O)c2c(OCCCCCC)ccc(CC=O)c12.CCCCCCOc1ccc2cc(OCCCCCC)ccc2c1. The number of unbranched alkanes of at least 4 members (excludes halogenated alkanes) is 18. The average molecular weight is 1260 g/mol. The Bertz CT molecular complexity index is 2500. The van der Waals surface area contributed by atoms with Gasteiger partial charge in [-0.05, 0) is 120 Å². The molecule has 0 spiro atoms. The third-order valence-electron chi connectivity index (χ3n) is 14.7. The Morgan fingerprint density at radius 3 is 0.817 bits per heavy atom. The molecule has 0 aliphatic rings. The number of alkyl halides is 2. The van der Waals surface area contributed by atoms with Crippen molar-refractivity contribution in [3.8, 4) is 34.5 Å². The third-order valence-corrected chi connectivity index (χ3v) is 16.0. The van der Waals surface area contributed by atoms with Crippen molar-refractivity contribution in [2.45, 2.75) is 219 Å². The standard InChI is InChI=1S/C26H36O4.C24H34Br2O2.C22H32O2/c1-3-5-7-9-19-29-23-13-11-22(16-18-28)26-24(30-20-10-8-6-4-2)14-12-21(15-17-27)25(23)26;1-3-5-7-9-15-27-21-13-11-20(18-26)24-22(28-16-10-8-6-4-2)14-12-19(17-25)23(21)24;1-3-5-7-9-15-23-21-13-11-20-18-22(14-12-19(20)17-21)24-16-10-8-6-4-2/h11-14,17-18H,3-10,15-16,19-20H2,1-2H3;11-14H,3-10,15-18H2,1-2H3;11-14,17-18H,3-10,15-16H2,1-2H3. The van der Waals surface area contributed by atoms with Gasteiger partial charge in [0.25, 0.3) is 0 Å². The van der Waals surface area contributed by atoms with Crippen LogP contribution in [0.5, 0.6) is 34.5 Å². The van der Waals surface area contributed by atoms with Crippen molar-refractivity contribution in [2.24, 2.45) is 0 Å². The molecule has 0 atom stereocenters. The van der Waals surface area contributed by atoms with E-state index >= 15 is 0 Å². The van der Waals surface area contributed by atoms with Gasteiger partial charge in [0.1, 0.15) is 47.1 Å². The molecule has 0 saturated carbocycles. The van der Waals surface area contributed by atoms with Gasteiger partial charge in [-0.1, -0.05) is 225 Å². The monoisotopic (exact) mass is 1250 g/mol. The summed E-state index contributed by atoms with van der Waals surface area (Å²) in [6, 6.07) is 29.0. The molecule has 0 amide bonds. The summed E-state index contributed by atoms with van der Waals surface area (Å²) in [5.41, 5.74) is 4.32. The highest BCUT2D eigenvalue weighted by Crippen LogP contribution is 2.41. The largest absolute Gasteiger partial charge is 0.494 e. The molecule has 0 N–H and O–H groups in total. The predicted molar refractivity (Wildman–Crippen MR) is 354 cm³/mol. The van der Waals surface area contributed by atoms with E-state index in [-0.39, 0.29) is 0 Å². The highest BCUT2D eigenvalue weighted by Gasteiger charge is 2.18. The van der Waals surface area contributed by atoms with Crippen LogP contribution in [0.15, 0.2) is 84.9 Å². The van der Waals surface area contributed by atoms with E-state index in [1.807, 2.05) is 24.3 Å². The lowest BCUT2D eigenvalue weighted by atomic mass is 9.95. The van der Waals surface area contributed by atoms with E-state index in [9.17, 15) is 9.59 Å². The maximum Gasteiger partial charge on any atom is 0.127 e. The number of hydrogen-bond donors (Lipinski definition) is 0. The molecule has 0 heterocycles. The molecule has 0 radical (unpaired) electrons. The molecule has 6 aromatic carbocycles. The smallest absolute Gasteiger partial charge is 0.127 e. The average Bonchev–Trinajstić information content (AvgIpc) is 3.63. The van der Waals surface area contributed by atoms with Crippen molar-refractivity contribution in [3.63, 3.8) is 0 Å². The van der Waals surface area contributed by atoms with Crippen molar-refractivity contribution >= 4 is 76.7 Å². The van der Waals surface area contributed by atoms with Crippen LogP contribution in [0.2, 0.25) is 0 Å². The fourth-order valence-corrected chi connectivity index (χ4v) is 11.0. The summed E-state index contributed by atoms with van der Waals surface area (Å²) < 4.78 is 36.5. The molecule has 10 heteroatoms. The highest BCUT2D eigenvalue weighted by atomic mass is 79.9. The molecule has 0 bridgehead atoms. The first kappa shape index (κ1) is 69.7. The van der Waals surface area contributed by atoms with Gasteiger partial charge in [0.2, 0.25) is 0 Å². The summed E-state index contributed by atoms with van der Waals surface area (Å²) in [4.78, 5) is 22.6. The second kappa shape index (κ2) is 43.8. The third kappa shape index (κ3) is 24.8. The Morgan fingerprint density at radius 2 is 0.561 bits per heavy atom. The first-order chi connectivity index (χ1) is 40.4. The van der Waals surface area contributed by atoms with Crippen LogP contribution in [0.4, 0.5) is 0 Å². The minimum atomic E-state index is 0.310. The Labute approximate surface area is 512 Å². The van der Waals surface area contributed by atoms with E-state index in [4.69, 9.17) is 28.4 Å². The molecule has 0 fully saturated rings. The molecule has 0 aromatic heterocycles. The lowest BCUT2D eigenvalue weighted by molar-refractivity contribution is -0.108. The van der Waals surface area contributed by atoms with Gasteiger partial charge in [0.15, 0.2) is 0 Å². The normalized spacial score (nSPS) is 11.0. The maximum atomic E-state index is 11.3. The van der Waals surface area contributed by atoms with Crippen molar-refractivity contribution in [1.29, 1.82) is 0 Å². The Kier molecular flexibility index (Phi) is 37.2. The Morgan fingerprint density at radius 1 is 0.305 bits per heavy atom. The summed E-state index contributed by atoms with van der Waals surface area (Å²) in [6.07, 6.45) is 31.1. The summed E-state index contributed by atoms with van der Waals surface area (Å²) in [7, 11) is 0. The van der Waals surface area contributed by atoms with Gasteiger partial charge in [-0.25, -0.2) is 0 Å². The van der Waals surface area contributed by atoms with Gasteiger partial charge in [-0.2, -0.15) is 0 Å². The molecule has 82 heavy (non-hydrogen) atoms.